The van der Waals surface area contributed by atoms with E-state index in [9.17, 15) is 4.79 Å². The van der Waals surface area contributed by atoms with E-state index in [4.69, 9.17) is 0 Å². The van der Waals surface area contributed by atoms with Crippen LogP contribution in [-0.2, 0) is 13.5 Å². The Balaban J connectivity index is 1.51. The second-order valence-corrected chi connectivity index (χ2v) is 9.70. The molecule has 0 bridgehead atoms. The van der Waals surface area contributed by atoms with Gasteiger partial charge in [-0.15, -0.1) is 0 Å². The minimum Gasteiger partial charge on any atom is -0.314 e. The van der Waals surface area contributed by atoms with Gasteiger partial charge in [-0.05, 0) is 49.5 Å². The van der Waals surface area contributed by atoms with Crippen molar-refractivity contribution in [1.29, 1.82) is 0 Å². The van der Waals surface area contributed by atoms with Crippen LogP contribution in [0.1, 0.15) is 30.1 Å². The number of nitrogens with one attached hydrogen (secondary N) is 1. The highest BCUT2D eigenvalue weighted by Gasteiger charge is 2.23. The first kappa shape index (κ1) is 19.1. The zero-order chi connectivity index (χ0) is 19.3. The first-order valence-electron chi connectivity index (χ1n) is 10.0. The van der Waals surface area contributed by atoms with Crippen LogP contribution in [0.3, 0.4) is 0 Å². The second-order valence-electron chi connectivity index (χ2n) is 7.36. The lowest BCUT2D eigenvalue weighted by molar-refractivity contribution is 0.442. The van der Waals surface area contributed by atoms with Crippen molar-refractivity contribution in [2.75, 3.05) is 12.7 Å². The van der Waals surface area contributed by atoms with Crippen LogP contribution in [0, 0.1) is 0 Å². The van der Waals surface area contributed by atoms with Crippen LogP contribution < -0.4 is 21.5 Å². The molecule has 4 heteroatoms. The van der Waals surface area contributed by atoms with Gasteiger partial charge in [0.05, 0.1) is 0 Å². The molecule has 2 aromatic carbocycles. The second kappa shape index (κ2) is 8.86. The number of nitrogens with zero attached hydrogens (tertiary/aromatic N) is 1. The van der Waals surface area contributed by atoms with Crippen molar-refractivity contribution < 1.29 is 0 Å². The molecule has 1 aliphatic rings. The lowest BCUT2D eigenvalue weighted by Crippen LogP contribution is -2.34. The fraction of sp³-hybridized carbons (Fsp3) is 0.292. The molecule has 1 heterocycles. The lowest BCUT2D eigenvalue weighted by atomic mass is 9.91. The molecule has 3 aromatic rings. The van der Waals surface area contributed by atoms with Crippen molar-refractivity contribution in [1.82, 2.24) is 9.88 Å². The molecule has 1 N–H and O–H groups in total. The third-order valence-corrected chi connectivity index (χ3v) is 8.09. The number of pyridine rings is 1. The van der Waals surface area contributed by atoms with Crippen LogP contribution >= 0.6 is 7.92 Å². The number of hydrogen-bond acceptors (Lipinski definition) is 2. The van der Waals surface area contributed by atoms with E-state index < -0.39 is 7.92 Å². The topological polar surface area (TPSA) is 34.0 Å². The Morgan fingerprint density at radius 3 is 2.25 bits per heavy atom. The van der Waals surface area contributed by atoms with Gasteiger partial charge >= 0.3 is 0 Å². The molecule has 28 heavy (non-hydrogen) atoms. The minimum absolute atomic E-state index is 0.0864. The van der Waals surface area contributed by atoms with E-state index in [0.29, 0.717) is 0 Å². The zero-order valence-corrected chi connectivity index (χ0v) is 17.2. The standard InChI is InChI=1S/C24H27N2OP/c1-26-23(27)16-15-19-9-8-14-22(24(19)26)25-17-18-28(20-10-4-2-5-11-20)21-12-6-3-7-13-21/h2-7,10-13,15-16,22,25H,8-9,14,17-18H2,1H3. The number of aryl methyl sites for hydroxylation is 1. The summed E-state index contributed by atoms with van der Waals surface area (Å²) in [5.41, 5.74) is 2.59. The van der Waals surface area contributed by atoms with Gasteiger partial charge < -0.3 is 9.88 Å². The summed E-state index contributed by atoms with van der Waals surface area (Å²) < 4.78 is 1.84. The maximum atomic E-state index is 12.1. The van der Waals surface area contributed by atoms with Crippen LogP contribution in [0.4, 0.5) is 0 Å². The van der Waals surface area contributed by atoms with Gasteiger partial charge in [0.2, 0.25) is 0 Å². The van der Waals surface area contributed by atoms with Crippen molar-refractivity contribution in [2.24, 2.45) is 7.05 Å². The fourth-order valence-corrected chi connectivity index (χ4v) is 6.41. The van der Waals surface area contributed by atoms with Crippen LogP contribution in [-0.4, -0.2) is 17.3 Å². The van der Waals surface area contributed by atoms with Crippen molar-refractivity contribution in [3.05, 3.63) is 94.4 Å². The first-order valence-corrected chi connectivity index (χ1v) is 11.6. The Hall–Kier alpha value is -2.22. The Morgan fingerprint density at radius 1 is 0.964 bits per heavy atom. The summed E-state index contributed by atoms with van der Waals surface area (Å²) in [4.78, 5) is 12.1. The van der Waals surface area contributed by atoms with Gasteiger partial charge in [0.25, 0.3) is 5.56 Å². The van der Waals surface area contributed by atoms with E-state index in [2.05, 4.69) is 66.0 Å². The van der Waals surface area contributed by atoms with Crippen molar-refractivity contribution >= 4 is 18.5 Å². The van der Waals surface area contributed by atoms with E-state index in [1.807, 2.05) is 17.7 Å². The molecule has 144 valence electrons. The summed E-state index contributed by atoms with van der Waals surface area (Å²) in [6.07, 6.45) is 4.44. The maximum absolute atomic E-state index is 12.1. The summed E-state index contributed by atoms with van der Waals surface area (Å²) in [6, 6.07) is 25.7. The average Bonchev–Trinajstić information content (AvgIpc) is 2.75. The van der Waals surface area contributed by atoms with Crippen molar-refractivity contribution in [3.8, 4) is 0 Å². The van der Waals surface area contributed by atoms with Crippen LogP contribution in [0.25, 0.3) is 0 Å². The molecule has 1 atom stereocenters. The van der Waals surface area contributed by atoms with Crippen LogP contribution in [0.5, 0.6) is 0 Å². The van der Waals surface area contributed by atoms with Gasteiger partial charge in [-0.1, -0.05) is 66.7 Å². The molecule has 4 rings (SSSR count). The quantitative estimate of drug-likeness (QED) is 0.654. The van der Waals surface area contributed by atoms with E-state index >= 15 is 0 Å². The predicted octanol–water partition coefficient (Wildman–Crippen LogP) is 3.49. The molecular formula is C24H27N2OP. The molecule has 1 unspecified atom stereocenters. The number of aromatic nitrogens is 1. The number of rotatable bonds is 6. The highest BCUT2D eigenvalue weighted by molar-refractivity contribution is 7.73. The van der Waals surface area contributed by atoms with E-state index in [-0.39, 0.29) is 11.6 Å². The van der Waals surface area contributed by atoms with Gasteiger partial charge in [-0.2, -0.15) is 0 Å². The molecule has 0 fully saturated rings. The molecule has 0 saturated carbocycles. The molecule has 0 saturated heterocycles. The monoisotopic (exact) mass is 390 g/mol. The first-order chi connectivity index (χ1) is 13.7. The molecule has 1 aromatic heterocycles. The fourth-order valence-electron chi connectivity index (χ4n) is 4.18. The average molecular weight is 390 g/mol. The molecular weight excluding hydrogens is 363 g/mol. The molecule has 3 nitrogen and oxygen atoms in total. The molecule has 0 spiro atoms. The molecule has 0 radical (unpaired) electrons. The third-order valence-electron chi connectivity index (χ3n) is 5.58. The van der Waals surface area contributed by atoms with Gasteiger partial charge in [0.15, 0.2) is 0 Å². The molecule has 1 aliphatic carbocycles. The molecule has 0 amide bonds. The summed E-state index contributed by atoms with van der Waals surface area (Å²) in [6.45, 7) is 0.947. The Kier molecular flexibility index (Phi) is 6.04. The summed E-state index contributed by atoms with van der Waals surface area (Å²) in [5.74, 6) is 0. The normalized spacial score (nSPS) is 16.1. The van der Waals surface area contributed by atoms with Gasteiger partial charge in [0, 0.05) is 31.4 Å². The summed E-state index contributed by atoms with van der Waals surface area (Å²) >= 11 is 0. The number of benzene rings is 2. The predicted molar refractivity (Wildman–Crippen MR) is 119 cm³/mol. The third kappa shape index (κ3) is 4.11. The Bertz CT molecular complexity index is 929. The molecule has 0 aliphatic heterocycles. The minimum atomic E-state index is -0.390. The lowest BCUT2D eigenvalue weighted by Gasteiger charge is -2.29. The smallest absolute Gasteiger partial charge is 0.250 e. The van der Waals surface area contributed by atoms with Gasteiger partial charge in [0.1, 0.15) is 0 Å². The van der Waals surface area contributed by atoms with Gasteiger partial charge in [-0.3, -0.25) is 4.79 Å². The maximum Gasteiger partial charge on any atom is 0.250 e. The Labute approximate surface area is 168 Å². The number of fused-ring (bicyclic) bond motifs is 1. The largest absolute Gasteiger partial charge is 0.314 e. The number of hydrogen-bond donors (Lipinski definition) is 1. The SMILES string of the molecule is Cn1c2c(ccc1=O)CCCC2NCCP(c1ccccc1)c1ccccc1. The van der Waals surface area contributed by atoms with Crippen LogP contribution in [0.15, 0.2) is 77.6 Å². The zero-order valence-electron chi connectivity index (χ0n) is 16.3. The van der Waals surface area contributed by atoms with Gasteiger partial charge in [-0.25, -0.2) is 0 Å². The Morgan fingerprint density at radius 2 is 1.61 bits per heavy atom. The summed E-state index contributed by atoms with van der Waals surface area (Å²) in [5, 5.41) is 6.61. The van der Waals surface area contributed by atoms with Crippen molar-refractivity contribution in [3.63, 3.8) is 0 Å². The highest BCUT2D eigenvalue weighted by Crippen LogP contribution is 2.33. The van der Waals surface area contributed by atoms with E-state index in [1.54, 1.807) is 6.07 Å². The van der Waals surface area contributed by atoms with Crippen LogP contribution in [0.2, 0.25) is 0 Å². The highest BCUT2D eigenvalue weighted by atomic mass is 31.1. The summed E-state index contributed by atoms with van der Waals surface area (Å²) in [7, 11) is 1.51. The van der Waals surface area contributed by atoms with E-state index in [0.717, 1.165) is 25.5 Å². The van der Waals surface area contributed by atoms with E-state index in [1.165, 1.54) is 28.3 Å². The van der Waals surface area contributed by atoms with Crippen molar-refractivity contribution in [2.45, 2.75) is 25.3 Å².